The second-order valence-corrected chi connectivity index (χ2v) is 8.46. The van der Waals surface area contributed by atoms with Crippen molar-refractivity contribution in [3.8, 4) is 6.07 Å². The molecule has 0 saturated heterocycles. The SMILES string of the molecule is CC1=C(C(=O)Nc2ccccc2)[C@@H](c2cccc3ccccc23)N2C(=N1)SC(C#N)=C2N. The van der Waals surface area contributed by atoms with Crippen LogP contribution in [-0.4, -0.2) is 16.0 Å². The van der Waals surface area contributed by atoms with Crippen molar-refractivity contribution in [2.75, 3.05) is 5.32 Å². The van der Waals surface area contributed by atoms with E-state index in [1.165, 1.54) is 11.8 Å². The number of thioether (sulfide) groups is 1. The highest BCUT2D eigenvalue weighted by atomic mass is 32.2. The average molecular weight is 438 g/mol. The Morgan fingerprint density at radius 1 is 1.09 bits per heavy atom. The molecule has 0 fully saturated rings. The van der Waals surface area contributed by atoms with Gasteiger partial charge in [0.15, 0.2) is 5.17 Å². The van der Waals surface area contributed by atoms with E-state index in [1.807, 2.05) is 79.7 Å². The van der Waals surface area contributed by atoms with Crippen molar-refractivity contribution in [3.63, 3.8) is 0 Å². The van der Waals surface area contributed by atoms with E-state index in [-0.39, 0.29) is 5.91 Å². The van der Waals surface area contributed by atoms with Crippen molar-refractivity contribution in [2.24, 2.45) is 10.7 Å². The van der Waals surface area contributed by atoms with E-state index in [2.05, 4.69) is 16.4 Å². The summed E-state index contributed by atoms with van der Waals surface area (Å²) in [5.41, 5.74) is 9.12. The quantitative estimate of drug-likeness (QED) is 0.610. The third-order valence-corrected chi connectivity index (χ3v) is 6.55. The molecule has 156 valence electrons. The summed E-state index contributed by atoms with van der Waals surface area (Å²) >= 11 is 1.23. The molecule has 0 aromatic heterocycles. The van der Waals surface area contributed by atoms with Gasteiger partial charge in [-0.2, -0.15) is 5.26 Å². The van der Waals surface area contributed by atoms with Gasteiger partial charge < -0.3 is 11.1 Å². The molecule has 3 aromatic carbocycles. The third kappa shape index (κ3) is 3.22. The second kappa shape index (κ2) is 7.91. The zero-order valence-corrected chi connectivity index (χ0v) is 18.1. The molecule has 32 heavy (non-hydrogen) atoms. The minimum Gasteiger partial charge on any atom is -0.383 e. The van der Waals surface area contributed by atoms with Gasteiger partial charge in [0.25, 0.3) is 5.91 Å². The maximum Gasteiger partial charge on any atom is 0.255 e. The summed E-state index contributed by atoms with van der Waals surface area (Å²) in [5, 5.41) is 15.2. The van der Waals surface area contributed by atoms with Crippen LogP contribution in [0.3, 0.4) is 0 Å². The Labute approximate surface area is 189 Å². The van der Waals surface area contributed by atoms with Crippen molar-refractivity contribution in [1.29, 1.82) is 5.26 Å². The van der Waals surface area contributed by atoms with E-state index in [9.17, 15) is 10.1 Å². The van der Waals surface area contributed by atoms with Crippen LogP contribution in [0.25, 0.3) is 10.8 Å². The van der Waals surface area contributed by atoms with Crippen molar-refractivity contribution in [1.82, 2.24) is 4.90 Å². The van der Waals surface area contributed by atoms with Crippen molar-refractivity contribution < 1.29 is 4.79 Å². The molecule has 2 aliphatic heterocycles. The first-order valence-electron chi connectivity index (χ1n) is 10.1. The third-order valence-electron chi connectivity index (χ3n) is 5.57. The van der Waals surface area contributed by atoms with Gasteiger partial charge in [-0.25, -0.2) is 4.99 Å². The number of amidine groups is 1. The lowest BCUT2D eigenvalue weighted by molar-refractivity contribution is -0.113. The van der Waals surface area contributed by atoms with Crippen molar-refractivity contribution in [2.45, 2.75) is 13.0 Å². The smallest absolute Gasteiger partial charge is 0.255 e. The number of rotatable bonds is 3. The maximum atomic E-state index is 13.6. The van der Waals surface area contributed by atoms with Gasteiger partial charge in [0.05, 0.1) is 17.3 Å². The number of hydrogen-bond donors (Lipinski definition) is 2. The lowest BCUT2D eigenvalue weighted by atomic mass is 9.90. The summed E-state index contributed by atoms with van der Waals surface area (Å²) in [7, 11) is 0. The summed E-state index contributed by atoms with van der Waals surface area (Å²) in [6.45, 7) is 1.82. The van der Waals surface area contributed by atoms with Gasteiger partial charge in [0.2, 0.25) is 0 Å². The molecule has 5 rings (SSSR count). The van der Waals surface area contributed by atoms with E-state index in [0.29, 0.717) is 32.9 Å². The number of nitrogens with zero attached hydrogens (tertiary/aromatic N) is 3. The van der Waals surface area contributed by atoms with Crippen LogP contribution >= 0.6 is 11.8 Å². The van der Waals surface area contributed by atoms with Crippen LogP contribution in [0.5, 0.6) is 0 Å². The zero-order chi connectivity index (χ0) is 22.2. The van der Waals surface area contributed by atoms with Crippen LogP contribution in [0.15, 0.2) is 99.8 Å². The molecule has 0 radical (unpaired) electrons. The van der Waals surface area contributed by atoms with E-state index < -0.39 is 6.04 Å². The Kier molecular flexibility index (Phi) is 4.92. The number of fused-ring (bicyclic) bond motifs is 2. The van der Waals surface area contributed by atoms with Gasteiger partial charge >= 0.3 is 0 Å². The summed E-state index contributed by atoms with van der Waals surface area (Å²) in [4.78, 5) is 20.4. The molecular weight excluding hydrogens is 418 g/mol. The monoisotopic (exact) mass is 437 g/mol. The van der Waals surface area contributed by atoms with Crippen LogP contribution < -0.4 is 11.1 Å². The number of carbonyl (C=O) groups is 1. The Morgan fingerprint density at radius 2 is 1.81 bits per heavy atom. The summed E-state index contributed by atoms with van der Waals surface area (Å²) in [6, 6.07) is 25.0. The first-order chi connectivity index (χ1) is 15.6. The second-order valence-electron chi connectivity index (χ2n) is 7.48. The molecule has 1 amide bonds. The largest absolute Gasteiger partial charge is 0.383 e. The first-order valence-corrected chi connectivity index (χ1v) is 10.9. The van der Waals surface area contributed by atoms with Crippen LogP contribution in [0.2, 0.25) is 0 Å². The lowest BCUT2D eigenvalue weighted by Crippen LogP contribution is -2.39. The van der Waals surface area contributed by atoms with Gasteiger partial charge in [-0.1, -0.05) is 60.7 Å². The zero-order valence-electron chi connectivity index (χ0n) is 17.2. The van der Waals surface area contributed by atoms with Gasteiger partial charge in [0.1, 0.15) is 16.8 Å². The van der Waals surface area contributed by atoms with Crippen LogP contribution in [-0.2, 0) is 4.79 Å². The number of para-hydroxylation sites is 1. The topological polar surface area (TPSA) is 94.5 Å². The molecule has 3 aromatic rings. The maximum absolute atomic E-state index is 13.6. The number of amides is 1. The predicted octanol–water partition coefficient (Wildman–Crippen LogP) is 4.86. The molecule has 0 spiro atoms. The summed E-state index contributed by atoms with van der Waals surface area (Å²) < 4.78 is 0. The molecule has 0 bridgehead atoms. The minimum atomic E-state index is -0.518. The van der Waals surface area contributed by atoms with E-state index in [4.69, 9.17) is 5.73 Å². The van der Waals surface area contributed by atoms with Gasteiger partial charge in [-0.15, -0.1) is 0 Å². The fourth-order valence-electron chi connectivity index (χ4n) is 4.13. The number of nitrogens with two attached hydrogens (primary N) is 1. The molecule has 7 heteroatoms. The molecule has 0 saturated carbocycles. The Morgan fingerprint density at radius 3 is 2.59 bits per heavy atom. The highest BCUT2D eigenvalue weighted by Crippen LogP contribution is 2.46. The Bertz CT molecular complexity index is 1380. The highest BCUT2D eigenvalue weighted by Gasteiger charge is 2.42. The lowest BCUT2D eigenvalue weighted by Gasteiger charge is -2.35. The van der Waals surface area contributed by atoms with Crippen molar-refractivity contribution >= 4 is 39.3 Å². The summed E-state index contributed by atoms with van der Waals surface area (Å²) in [5.74, 6) is 0.0596. The minimum absolute atomic E-state index is 0.252. The number of benzene rings is 3. The number of nitrogens with one attached hydrogen (secondary N) is 1. The average Bonchev–Trinajstić information content (AvgIpc) is 3.13. The molecule has 2 aliphatic rings. The number of aliphatic imine (C=N–C) groups is 1. The van der Waals surface area contributed by atoms with Crippen LogP contribution in [0.1, 0.15) is 18.5 Å². The van der Waals surface area contributed by atoms with Gasteiger partial charge in [-0.3, -0.25) is 9.69 Å². The first kappa shape index (κ1) is 19.9. The molecular formula is C25H19N5OS. The Hall–Kier alpha value is -4.02. The van der Waals surface area contributed by atoms with E-state index in [0.717, 1.165) is 16.3 Å². The normalized spacial score (nSPS) is 17.8. The number of carbonyl (C=O) groups excluding carboxylic acids is 1. The predicted molar refractivity (Wildman–Crippen MR) is 128 cm³/mol. The Balaban J connectivity index is 1.70. The number of nitriles is 1. The molecule has 1 atom stereocenters. The van der Waals surface area contributed by atoms with Gasteiger partial charge in [-0.05, 0) is 47.2 Å². The fraction of sp³-hybridized carbons (Fsp3) is 0.0800. The van der Waals surface area contributed by atoms with Gasteiger partial charge in [0, 0.05) is 5.69 Å². The van der Waals surface area contributed by atoms with Crippen LogP contribution in [0, 0.1) is 11.3 Å². The highest BCUT2D eigenvalue weighted by molar-refractivity contribution is 8.17. The molecule has 0 aliphatic carbocycles. The molecule has 6 nitrogen and oxygen atoms in total. The van der Waals surface area contributed by atoms with E-state index >= 15 is 0 Å². The number of hydrogen-bond acceptors (Lipinski definition) is 6. The molecule has 3 N–H and O–H groups in total. The van der Waals surface area contributed by atoms with E-state index in [1.54, 1.807) is 4.90 Å². The number of anilines is 1. The number of allylic oxidation sites excluding steroid dienone is 2. The fourth-order valence-corrected chi connectivity index (χ4v) is 5.05. The molecule has 0 unspecified atom stereocenters. The van der Waals surface area contributed by atoms with Crippen LogP contribution in [0.4, 0.5) is 5.69 Å². The van der Waals surface area contributed by atoms with Crippen molar-refractivity contribution in [3.05, 3.63) is 100 Å². The standard InChI is InChI=1S/C25H19N5OS/c1-15-21(24(31)29-17-10-3-2-4-11-17)22(30-23(27)20(14-26)32-25(30)28-15)19-13-7-9-16-8-5-6-12-18(16)19/h2-13,22H,27H2,1H3,(H,29,31)/t22-/m1/s1. The molecule has 2 heterocycles. The summed E-state index contributed by atoms with van der Waals surface area (Å²) in [6.07, 6.45) is 0.